The number of rotatable bonds is 0. The minimum absolute atomic E-state index is 0.310. The van der Waals surface area contributed by atoms with E-state index < -0.39 is 6.10 Å². The van der Waals surface area contributed by atoms with E-state index in [1.807, 2.05) is 0 Å². The molecule has 1 fully saturated rings. The van der Waals surface area contributed by atoms with Crippen LogP contribution < -0.4 is 10.1 Å². The first-order valence-electron chi connectivity index (χ1n) is 6.48. The Morgan fingerprint density at radius 2 is 2.33 bits per heavy atom. The fourth-order valence-electron chi connectivity index (χ4n) is 3.08. The zero-order chi connectivity index (χ0) is 12.8. The van der Waals surface area contributed by atoms with E-state index in [2.05, 4.69) is 12.2 Å². The topological polar surface area (TPSA) is 41.5 Å². The van der Waals surface area contributed by atoms with Gasteiger partial charge in [-0.25, -0.2) is 4.39 Å². The zero-order valence-electron chi connectivity index (χ0n) is 10.4. The minimum Gasteiger partial charge on any atom is -0.486 e. The molecular formula is C14H18FNO2. The van der Waals surface area contributed by atoms with Gasteiger partial charge in [0.05, 0.1) is 6.10 Å². The Morgan fingerprint density at radius 3 is 3.11 bits per heavy atom. The molecule has 2 unspecified atom stereocenters. The molecule has 0 saturated carbocycles. The van der Waals surface area contributed by atoms with Crippen molar-refractivity contribution >= 4 is 0 Å². The van der Waals surface area contributed by atoms with E-state index in [4.69, 9.17) is 4.74 Å². The lowest BCUT2D eigenvalue weighted by atomic mass is 9.76. The Bertz CT molecular complexity index is 465. The van der Waals surface area contributed by atoms with Gasteiger partial charge in [0.2, 0.25) is 0 Å². The van der Waals surface area contributed by atoms with E-state index in [0.717, 1.165) is 19.5 Å². The highest BCUT2D eigenvalue weighted by Gasteiger charge is 2.45. The summed E-state index contributed by atoms with van der Waals surface area (Å²) in [5.74, 6) is 0.633. The van der Waals surface area contributed by atoms with Gasteiger partial charge in [-0.2, -0.15) is 0 Å². The van der Waals surface area contributed by atoms with E-state index in [1.54, 1.807) is 6.07 Å². The van der Waals surface area contributed by atoms with Crippen molar-refractivity contribution in [3.63, 3.8) is 0 Å². The Balaban J connectivity index is 1.98. The summed E-state index contributed by atoms with van der Waals surface area (Å²) in [4.78, 5) is 0. The molecule has 18 heavy (non-hydrogen) atoms. The van der Waals surface area contributed by atoms with Gasteiger partial charge in [-0.1, -0.05) is 6.92 Å². The van der Waals surface area contributed by atoms with Gasteiger partial charge in [0, 0.05) is 24.4 Å². The standard InChI is InChI=1S/C14H18FNO2/c1-9-8-16-5-4-14(9)7-12(17)11-6-10(15)2-3-13(11)18-14/h2-3,6,9,12,16-17H,4-5,7-8H2,1H3/t9?,12-,14?/m1/s1. The largest absolute Gasteiger partial charge is 0.486 e. The molecule has 2 N–H and O–H groups in total. The number of aliphatic hydroxyl groups is 1. The van der Waals surface area contributed by atoms with Crippen LogP contribution in [0.2, 0.25) is 0 Å². The van der Waals surface area contributed by atoms with Gasteiger partial charge in [0.25, 0.3) is 0 Å². The van der Waals surface area contributed by atoms with Crippen molar-refractivity contribution in [3.8, 4) is 5.75 Å². The highest BCUT2D eigenvalue weighted by Crippen LogP contribution is 2.45. The molecule has 3 rings (SSSR count). The van der Waals surface area contributed by atoms with Crippen LogP contribution >= 0.6 is 0 Å². The molecule has 4 heteroatoms. The van der Waals surface area contributed by atoms with Crippen molar-refractivity contribution in [2.45, 2.75) is 31.5 Å². The third-order valence-electron chi connectivity index (χ3n) is 4.26. The van der Waals surface area contributed by atoms with Crippen molar-refractivity contribution in [1.82, 2.24) is 5.32 Å². The summed E-state index contributed by atoms with van der Waals surface area (Å²) >= 11 is 0. The van der Waals surface area contributed by atoms with E-state index in [0.29, 0.717) is 23.7 Å². The molecule has 3 nitrogen and oxygen atoms in total. The maximum atomic E-state index is 13.2. The summed E-state index contributed by atoms with van der Waals surface area (Å²) in [7, 11) is 0. The molecule has 2 aliphatic rings. The van der Waals surface area contributed by atoms with Crippen molar-refractivity contribution in [1.29, 1.82) is 0 Å². The molecule has 1 spiro atoms. The Morgan fingerprint density at radius 1 is 1.50 bits per heavy atom. The van der Waals surface area contributed by atoms with Crippen LogP contribution in [0, 0.1) is 11.7 Å². The summed E-state index contributed by atoms with van der Waals surface area (Å²) in [5, 5.41) is 13.6. The van der Waals surface area contributed by atoms with Gasteiger partial charge >= 0.3 is 0 Å². The molecule has 3 atom stereocenters. The lowest BCUT2D eigenvalue weighted by Crippen LogP contribution is -2.55. The number of piperidine rings is 1. The number of benzene rings is 1. The zero-order valence-corrected chi connectivity index (χ0v) is 10.4. The lowest BCUT2D eigenvalue weighted by molar-refractivity contribution is -0.0661. The Hall–Kier alpha value is -1.13. The van der Waals surface area contributed by atoms with Crippen LogP contribution in [-0.2, 0) is 0 Å². The summed E-state index contributed by atoms with van der Waals surface area (Å²) in [6, 6.07) is 4.39. The molecule has 1 aromatic carbocycles. The first-order chi connectivity index (χ1) is 8.61. The predicted octanol–water partition coefficient (Wildman–Crippen LogP) is 2.01. The molecule has 1 aromatic rings. The molecule has 0 amide bonds. The van der Waals surface area contributed by atoms with Crippen LogP contribution in [0.3, 0.4) is 0 Å². The molecule has 2 heterocycles. The number of hydrogen-bond acceptors (Lipinski definition) is 3. The van der Waals surface area contributed by atoms with Crippen LogP contribution in [-0.4, -0.2) is 23.8 Å². The summed E-state index contributed by atoms with van der Waals surface area (Å²) in [5.41, 5.74) is 0.265. The van der Waals surface area contributed by atoms with Crippen molar-refractivity contribution in [2.75, 3.05) is 13.1 Å². The van der Waals surface area contributed by atoms with Gasteiger partial charge in [-0.05, 0) is 31.2 Å². The third-order valence-corrected chi connectivity index (χ3v) is 4.26. The van der Waals surface area contributed by atoms with Gasteiger partial charge in [0.15, 0.2) is 0 Å². The van der Waals surface area contributed by atoms with Crippen molar-refractivity contribution in [2.24, 2.45) is 5.92 Å². The van der Waals surface area contributed by atoms with Crippen molar-refractivity contribution < 1.29 is 14.2 Å². The van der Waals surface area contributed by atoms with Crippen LogP contribution in [0.5, 0.6) is 5.75 Å². The Labute approximate surface area is 106 Å². The molecule has 98 valence electrons. The first kappa shape index (κ1) is 11.9. The SMILES string of the molecule is CC1CNCCC12C[C@@H](O)c1cc(F)ccc1O2. The molecule has 1 saturated heterocycles. The van der Waals surface area contributed by atoms with Crippen LogP contribution in [0.4, 0.5) is 4.39 Å². The number of fused-ring (bicyclic) bond motifs is 1. The molecule has 0 aliphatic carbocycles. The van der Waals surface area contributed by atoms with Crippen molar-refractivity contribution in [3.05, 3.63) is 29.6 Å². The molecular weight excluding hydrogens is 233 g/mol. The molecule has 2 aliphatic heterocycles. The average Bonchev–Trinajstić information content (AvgIpc) is 2.34. The predicted molar refractivity (Wildman–Crippen MR) is 66.0 cm³/mol. The Kier molecular flexibility index (Phi) is 2.79. The summed E-state index contributed by atoms with van der Waals surface area (Å²) in [6.07, 6.45) is 0.791. The van der Waals surface area contributed by atoms with Gasteiger partial charge in [-0.3, -0.25) is 0 Å². The molecule has 0 bridgehead atoms. The van der Waals surface area contributed by atoms with Crippen LogP contribution in [0.25, 0.3) is 0 Å². The first-order valence-corrected chi connectivity index (χ1v) is 6.48. The van der Waals surface area contributed by atoms with Crippen LogP contribution in [0.15, 0.2) is 18.2 Å². The maximum Gasteiger partial charge on any atom is 0.126 e. The number of aliphatic hydroxyl groups excluding tert-OH is 1. The second-order valence-electron chi connectivity index (χ2n) is 5.42. The number of hydrogen-bond donors (Lipinski definition) is 2. The molecule has 0 radical (unpaired) electrons. The fraction of sp³-hybridized carbons (Fsp3) is 0.571. The third kappa shape index (κ3) is 1.80. The minimum atomic E-state index is -0.634. The van der Waals surface area contributed by atoms with E-state index in [9.17, 15) is 9.50 Å². The van der Waals surface area contributed by atoms with E-state index in [1.165, 1.54) is 12.1 Å². The smallest absolute Gasteiger partial charge is 0.126 e. The number of nitrogens with one attached hydrogen (secondary N) is 1. The monoisotopic (exact) mass is 251 g/mol. The maximum absolute atomic E-state index is 13.2. The van der Waals surface area contributed by atoms with E-state index >= 15 is 0 Å². The highest BCUT2D eigenvalue weighted by atomic mass is 19.1. The second-order valence-corrected chi connectivity index (χ2v) is 5.42. The highest BCUT2D eigenvalue weighted by molar-refractivity contribution is 5.38. The average molecular weight is 251 g/mol. The van der Waals surface area contributed by atoms with Crippen LogP contribution in [0.1, 0.15) is 31.4 Å². The summed E-state index contributed by atoms with van der Waals surface area (Å²) in [6.45, 7) is 3.92. The fourth-order valence-corrected chi connectivity index (χ4v) is 3.08. The van der Waals surface area contributed by atoms with E-state index in [-0.39, 0.29) is 11.4 Å². The number of halogens is 1. The van der Waals surface area contributed by atoms with Gasteiger partial charge in [0.1, 0.15) is 17.2 Å². The quantitative estimate of drug-likeness (QED) is 0.741. The molecule has 0 aromatic heterocycles. The normalized spacial score (nSPS) is 35.1. The lowest BCUT2D eigenvalue weighted by Gasteiger charge is -2.47. The van der Waals surface area contributed by atoms with Gasteiger partial charge < -0.3 is 15.2 Å². The van der Waals surface area contributed by atoms with Gasteiger partial charge in [-0.15, -0.1) is 0 Å². The summed E-state index contributed by atoms with van der Waals surface area (Å²) < 4.78 is 19.3. The number of ether oxygens (including phenoxy) is 1. The second kappa shape index (κ2) is 4.21.